The maximum atomic E-state index is 12.6. The van der Waals surface area contributed by atoms with Crippen LogP contribution in [-0.2, 0) is 12.7 Å². The van der Waals surface area contributed by atoms with Gasteiger partial charge >= 0.3 is 6.18 Å². The van der Waals surface area contributed by atoms with Crippen LogP contribution in [0.25, 0.3) is 0 Å². The van der Waals surface area contributed by atoms with Crippen LogP contribution in [0.15, 0.2) is 22.7 Å². The molecular formula is C12H16BrF3N2. The van der Waals surface area contributed by atoms with E-state index in [0.717, 1.165) is 12.6 Å². The van der Waals surface area contributed by atoms with Crippen molar-refractivity contribution in [3.63, 3.8) is 0 Å². The molecule has 0 radical (unpaired) electrons. The molecule has 0 heterocycles. The van der Waals surface area contributed by atoms with Crippen molar-refractivity contribution in [2.45, 2.75) is 25.7 Å². The average molecular weight is 325 g/mol. The first-order chi connectivity index (χ1) is 8.34. The number of nitrogens with one attached hydrogen (secondary N) is 2. The van der Waals surface area contributed by atoms with Gasteiger partial charge in [-0.1, -0.05) is 15.9 Å². The lowest BCUT2D eigenvalue weighted by molar-refractivity contribution is -0.137. The van der Waals surface area contributed by atoms with Crippen molar-refractivity contribution < 1.29 is 13.2 Å². The smallest absolute Gasteiger partial charge is 0.318 e. The Labute approximate surface area is 113 Å². The first-order valence-electron chi connectivity index (χ1n) is 5.58. The topological polar surface area (TPSA) is 24.1 Å². The normalized spacial score (nSPS) is 13.7. The minimum Gasteiger partial charge on any atom is -0.318 e. The molecule has 1 aromatic rings. The molecule has 1 atom stereocenters. The number of rotatable bonds is 5. The Bertz CT molecular complexity index is 393. The van der Waals surface area contributed by atoms with Gasteiger partial charge in [0.1, 0.15) is 0 Å². The van der Waals surface area contributed by atoms with E-state index < -0.39 is 11.7 Å². The highest BCUT2D eigenvalue weighted by molar-refractivity contribution is 9.10. The SMILES string of the molecule is CNCC(C)NCc1cc(C(F)(F)F)ccc1Br. The number of benzene rings is 1. The van der Waals surface area contributed by atoms with E-state index in [0.29, 0.717) is 16.6 Å². The lowest BCUT2D eigenvalue weighted by atomic mass is 10.1. The molecule has 6 heteroatoms. The van der Waals surface area contributed by atoms with E-state index in [4.69, 9.17) is 0 Å². The van der Waals surface area contributed by atoms with Gasteiger partial charge in [-0.3, -0.25) is 0 Å². The molecular weight excluding hydrogens is 309 g/mol. The van der Waals surface area contributed by atoms with Gasteiger partial charge in [-0.15, -0.1) is 0 Å². The molecule has 1 aromatic carbocycles. The van der Waals surface area contributed by atoms with Crippen molar-refractivity contribution >= 4 is 15.9 Å². The third kappa shape index (κ3) is 4.59. The van der Waals surface area contributed by atoms with Gasteiger partial charge in [-0.25, -0.2) is 0 Å². The maximum Gasteiger partial charge on any atom is 0.416 e. The third-order valence-electron chi connectivity index (χ3n) is 2.52. The number of halogens is 4. The summed E-state index contributed by atoms with van der Waals surface area (Å²) < 4.78 is 38.4. The quantitative estimate of drug-likeness (QED) is 0.869. The van der Waals surface area contributed by atoms with Gasteiger partial charge in [0.15, 0.2) is 0 Å². The van der Waals surface area contributed by atoms with Crippen LogP contribution in [-0.4, -0.2) is 19.6 Å². The standard InChI is InChI=1S/C12H16BrF3N2/c1-8(6-17-2)18-7-9-5-10(12(14,15)16)3-4-11(9)13/h3-5,8,17-18H,6-7H2,1-2H3. The first kappa shape index (κ1) is 15.5. The molecule has 0 aliphatic carbocycles. The fourth-order valence-electron chi connectivity index (χ4n) is 1.55. The van der Waals surface area contributed by atoms with E-state index in [1.807, 2.05) is 14.0 Å². The Kier molecular flexibility index (Phi) is 5.62. The zero-order valence-corrected chi connectivity index (χ0v) is 11.8. The molecule has 102 valence electrons. The highest BCUT2D eigenvalue weighted by Gasteiger charge is 2.30. The van der Waals surface area contributed by atoms with Gasteiger partial charge < -0.3 is 10.6 Å². The average Bonchev–Trinajstić information content (AvgIpc) is 2.26. The molecule has 0 bridgehead atoms. The van der Waals surface area contributed by atoms with Gasteiger partial charge in [0.2, 0.25) is 0 Å². The minimum absolute atomic E-state index is 0.191. The minimum atomic E-state index is -4.30. The van der Waals surface area contributed by atoms with Gasteiger partial charge in [-0.05, 0) is 37.7 Å². The molecule has 1 unspecified atom stereocenters. The lowest BCUT2D eigenvalue weighted by Crippen LogP contribution is -2.34. The van der Waals surface area contributed by atoms with E-state index in [9.17, 15) is 13.2 Å². The molecule has 0 fully saturated rings. The Morgan fingerprint density at radius 1 is 1.33 bits per heavy atom. The molecule has 0 aliphatic rings. The largest absolute Gasteiger partial charge is 0.416 e. The van der Waals surface area contributed by atoms with Crippen molar-refractivity contribution in [1.29, 1.82) is 0 Å². The zero-order chi connectivity index (χ0) is 13.8. The Balaban J connectivity index is 2.76. The summed E-state index contributed by atoms with van der Waals surface area (Å²) in [6.45, 7) is 3.13. The molecule has 2 nitrogen and oxygen atoms in total. The van der Waals surface area contributed by atoms with E-state index in [1.165, 1.54) is 12.1 Å². The van der Waals surface area contributed by atoms with Crippen molar-refractivity contribution in [2.75, 3.05) is 13.6 Å². The molecule has 0 amide bonds. The predicted octanol–water partition coefficient (Wildman–Crippen LogP) is 3.17. The summed E-state index contributed by atoms with van der Waals surface area (Å²) in [4.78, 5) is 0. The van der Waals surface area contributed by atoms with Crippen LogP contribution < -0.4 is 10.6 Å². The first-order valence-corrected chi connectivity index (χ1v) is 6.37. The van der Waals surface area contributed by atoms with Crippen LogP contribution in [0.2, 0.25) is 0 Å². The molecule has 0 aromatic heterocycles. The van der Waals surface area contributed by atoms with Crippen molar-refractivity contribution in [3.8, 4) is 0 Å². The molecule has 18 heavy (non-hydrogen) atoms. The van der Waals surface area contributed by atoms with E-state index in [2.05, 4.69) is 26.6 Å². The monoisotopic (exact) mass is 324 g/mol. The number of hydrogen-bond acceptors (Lipinski definition) is 2. The highest BCUT2D eigenvalue weighted by Crippen LogP contribution is 2.31. The van der Waals surface area contributed by atoms with Gasteiger partial charge in [0, 0.05) is 23.6 Å². The zero-order valence-electron chi connectivity index (χ0n) is 10.2. The van der Waals surface area contributed by atoms with Crippen molar-refractivity contribution in [3.05, 3.63) is 33.8 Å². The molecule has 1 rings (SSSR count). The maximum absolute atomic E-state index is 12.6. The summed E-state index contributed by atoms with van der Waals surface area (Å²) in [7, 11) is 1.83. The van der Waals surface area contributed by atoms with E-state index in [-0.39, 0.29) is 6.04 Å². The predicted molar refractivity (Wildman–Crippen MR) is 69.4 cm³/mol. The molecule has 0 saturated carbocycles. The van der Waals surface area contributed by atoms with E-state index in [1.54, 1.807) is 0 Å². The van der Waals surface area contributed by atoms with Crippen LogP contribution in [0.3, 0.4) is 0 Å². The van der Waals surface area contributed by atoms with Crippen LogP contribution >= 0.6 is 15.9 Å². The number of hydrogen-bond donors (Lipinski definition) is 2. The highest BCUT2D eigenvalue weighted by atomic mass is 79.9. The Morgan fingerprint density at radius 3 is 2.56 bits per heavy atom. The fourth-order valence-corrected chi connectivity index (χ4v) is 1.94. The van der Waals surface area contributed by atoms with Crippen LogP contribution in [0.4, 0.5) is 13.2 Å². The van der Waals surface area contributed by atoms with E-state index >= 15 is 0 Å². The van der Waals surface area contributed by atoms with Crippen LogP contribution in [0.5, 0.6) is 0 Å². The second kappa shape index (κ2) is 6.54. The lowest BCUT2D eigenvalue weighted by Gasteiger charge is -2.15. The van der Waals surface area contributed by atoms with Gasteiger partial charge in [0.25, 0.3) is 0 Å². The van der Waals surface area contributed by atoms with Gasteiger partial charge in [0.05, 0.1) is 5.56 Å². The molecule has 0 aliphatic heterocycles. The number of alkyl halides is 3. The summed E-state index contributed by atoms with van der Waals surface area (Å²) >= 11 is 3.26. The second-order valence-electron chi connectivity index (χ2n) is 4.14. The summed E-state index contributed by atoms with van der Waals surface area (Å²) in [5.41, 5.74) is -0.0171. The fraction of sp³-hybridized carbons (Fsp3) is 0.500. The van der Waals surface area contributed by atoms with Crippen molar-refractivity contribution in [1.82, 2.24) is 10.6 Å². The summed E-state index contributed by atoms with van der Waals surface area (Å²) in [5, 5.41) is 6.16. The Hall–Kier alpha value is -0.590. The van der Waals surface area contributed by atoms with Crippen LogP contribution in [0.1, 0.15) is 18.1 Å². The Morgan fingerprint density at radius 2 is 2.00 bits per heavy atom. The summed E-state index contributed by atoms with van der Waals surface area (Å²) in [6.07, 6.45) is -4.30. The van der Waals surface area contributed by atoms with Crippen LogP contribution in [0, 0.1) is 0 Å². The van der Waals surface area contributed by atoms with Crippen molar-refractivity contribution in [2.24, 2.45) is 0 Å². The second-order valence-corrected chi connectivity index (χ2v) is 5.00. The molecule has 0 saturated heterocycles. The third-order valence-corrected chi connectivity index (χ3v) is 3.30. The molecule has 0 spiro atoms. The number of likely N-dealkylation sites (N-methyl/N-ethyl adjacent to an activating group) is 1. The summed E-state index contributed by atoms with van der Waals surface area (Å²) in [6, 6.07) is 3.87. The molecule has 2 N–H and O–H groups in total. The van der Waals surface area contributed by atoms with Gasteiger partial charge in [-0.2, -0.15) is 13.2 Å². The summed E-state index contributed by atoms with van der Waals surface area (Å²) in [5.74, 6) is 0.